The van der Waals surface area contributed by atoms with Crippen molar-refractivity contribution in [1.82, 2.24) is 4.90 Å². The topological polar surface area (TPSA) is 55.8 Å². The monoisotopic (exact) mass is 327 g/mol. The van der Waals surface area contributed by atoms with E-state index in [1.165, 1.54) is 0 Å². The van der Waals surface area contributed by atoms with Gasteiger partial charge in [0.15, 0.2) is 12.9 Å². The number of ether oxygens (including phenoxy) is 2. The molecule has 1 aliphatic heterocycles. The largest absolute Gasteiger partial charge is 0.484 e. The van der Waals surface area contributed by atoms with E-state index in [2.05, 4.69) is 15.9 Å². The van der Waals surface area contributed by atoms with Crippen LogP contribution >= 0.6 is 15.9 Å². The van der Waals surface area contributed by atoms with E-state index in [1.54, 1.807) is 23.1 Å². The van der Waals surface area contributed by atoms with Crippen molar-refractivity contribution in [3.8, 4) is 5.75 Å². The lowest BCUT2D eigenvalue weighted by Crippen LogP contribution is -2.42. The van der Waals surface area contributed by atoms with E-state index in [0.717, 1.165) is 6.29 Å². The van der Waals surface area contributed by atoms with Gasteiger partial charge in [-0.25, -0.2) is 0 Å². The summed E-state index contributed by atoms with van der Waals surface area (Å²) in [7, 11) is 0. The SMILES string of the molecule is O=Cc1cc(OCC(=O)N2CCOCC2)ccc1Br. The highest BCUT2D eigenvalue weighted by atomic mass is 79.9. The van der Waals surface area contributed by atoms with Crippen LogP contribution in [0.2, 0.25) is 0 Å². The zero-order valence-corrected chi connectivity index (χ0v) is 11.9. The number of benzene rings is 1. The van der Waals surface area contributed by atoms with Crippen LogP contribution in [-0.4, -0.2) is 50.0 Å². The minimum Gasteiger partial charge on any atom is -0.484 e. The maximum absolute atomic E-state index is 11.9. The zero-order chi connectivity index (χ0) is 13.7. The minimum absolute atomic E-state index is 0.0278. The zero-order valence-electron chi connectivity index (χ0n) is 10.3. The first-order valence-electron chi connectivity index (χ1n) is 5.94. The maximum atomic E-state index is 11.9. The van der Waals surface area contributed by atoms with Gasteiger partial charge in [0.25, 0.3) is 5.91 Å². The molecule has 102 valence electrons. The van der Waals surface area contributed by atoms with E-state index in [4.69, 9.17) is 9.47 Å². The summed E-state index contributed by atoms with van der Waals surface area (Å²) in [5, 5.41) is 0. The molecule has 6 heteroatoms. The van der Waals surface area contributed by atoms with Crippen molar-refractivity contribution in [2.75, 3.05) is 32.9 Å². The molecule has 0 aromatic heterocycles. The van der Waals surface area contributed by atoms with Gasteiger partial charge in [-0.05, 0) is 18.2 Å². The molecule has 0 atom stereocenters. The molecule has 2 rings (SSSR count). The van der Waals surface area contributed by atoms with Crippen LogP contribution in [0.15, 0.2) is 22.7 Å². The Labute approximate surface area is 119 Å². The summed E-state index contributed by atoms with van der Waals surface area (Å²) < 4.78 is 11.3. The smallest absolute Gasteiger partial charge is 0.260 e. The molecule has 1 fully saturated rings. The average Bonchev–Trinajstić information content (AvgIpc) is 2.47. The van der Waals surface area contributed by atoms with Crippen molar-refractivity contribution in [2.24, 2.45) is 0 Å². The molecule has 0 aliphatic carbocycles. The molecule has 0 saturated carbocycles. The third-order valence-corrected chi connectivity index (χ3v) is 3.54. The Kier molecular flexibility index (Phi) is 4.93. The summed E-state index contributed by atoms with van der Waals surface area (Å²) in [6.45, 7) is 2.31. The van der Waals surface area contributed by atoms with Crippen LogP contribution in [-0.2, 0) is 9.53 Å². The van der Waals surface area contributed by atoms with Gasteiger partial charge in [0.05, 0.1) is 13.2 Å². The van der Waals surface area contributed by atoms with E-state index >= 15 is 0 Å². The summed E-state index contributed by atoms with van der Waals surface area (Å²) in [5.41, 5.74) is 0.497. The number of carbonyl (C=O) groups is 2. The van der Waals surface area contributed by atoms with Crippen molar-refractivity contribution >= 4 is 28.1 Å². The Bertz CT molecular complexity index is 472. The van der Waals surface area contributed by atoms with Gasteiger partial charge in [0.1, 0.15) is 5.75 Å². The fraction of sp³-hybridized carbons (Fsp3) is 0.385. The van der Waals surface area contributed by atoms with E-state index in [9.17, 15) is 9.59 Å². The van der Waals surface area contributed by atoms with E-state index in [0.29, 0.717) is 42.1 Å². The van der Waals surface area contributed by atoms with Crippen LogP contribution in [0.25, 0.3) is 0 Å². The number of morpholine rings is 1. The predicted molar refractivity (Wildman–Crippen MR) is 72.4 cm³/mol. The van der Waals surface area contributed by atoms with Gasteiger partial charge in [-0.15, -0.1) is 0 Å². The number of carbonyl (C=O) groups excluding carboxylic acids is 2. The molecule has 5 nitrogen and oxygen atoms in total. The number of nitrogens with zero attached hydrogens (tertiary/aromatic N) is 1. The molecule has 0 radical (unpaired) electrons. The summed E-state index contributed by atoms with van der Waals surface area (Å²) >= 11 is 3.26. The Morgan fingerprint density at radius 3 is 2.84 bits per heavy atom. The van der Waals surface area contributed by atoms with Crippen molar-refractivity contribution in [3.63, 3.8) is 0 Å². The lowest BCUT2D eigenvalue weighted by Gasteiger charge is -2.26. The van der Waals surface area contributed by atoms with E-state index in [-0.39, 0.29) is 12.5 Å². The summed E-state index contributed by atoms with van der Waals surface area (Å²) in [5.74, 6) is 0.436. The molecular formula is C13H14BrNO4. The average molecular weight is 328 g/mol. The molecule has 0 N–H and O–H groups in total. The van der Waals surface area contributed by atoms with Crippen LogP contribution in [0.5, 0.6) is 5.75 Å². The Morgan fingerprint density at radius 2 is 2.16 bits per heavy atom. The number of rotatable bonds is 4. The van der Waals surface area contributed by atoms with Gasteiger partial charge in [-0.2, -0.15) is 0 Å². The van der Waals surface area contributed by atoms with Crippen molar-refractivity contribution in [2.45, 2.75) is 0 Å². The third kappa shape index (κ3) is 3.78. The lowest BCUT2D eigenvalue weighted by atomic mass is 10.2. The molecule has 0 bridgehead atoms. The van der Waals surface area contributed by atoms with E-state index in [1.807, 2.05) is 0 Å². The second-order valence-electron chi connectivity index (χ2n) is 4.08. The fourth-order valence-corrected chi connectivity index (χ4v) is 2.09. The lowest BCUT2D eigenvalue weighted by molar-refractivity contribution is -0.137. The van der Waals surface area contributed by atoms with Crippen molar-refractivity contribution in [1.29, 1.82) is 0 Å². The quantitative estimate of drug-likeness (QED) is 0.786. The highest BCUT2D eigenvalue weighted by molar-refractivity contribution is 9.10. The van der Waals surface area contributed by atoms with Gasteiger partial charge in [0.2, 0.25) is 0 Å². The van der Waals surface area contributed by atoms with Crippen molar-refractivity contribution < 1.29 is 19.1 Å². The van der Waals surface area contributed by atoms with Crippen LogP contribution in [0.3, 0.4) is 0 Å². The number of halogens is 1. The van der Waals surface area contributed by atoms with Gasteiger partial charge < -0.3 is 14.4 Å². The molecule has 1 heterocycles. The number of hydrogen-bond donors (Lipinski definition) is 0. The summed E-state index contributed by atoms with van der Waals surface area (Å²) in [4.78, 5) is 24.4. The molecular weight excluding hydrogens is 314 g/mol. The third-order valence-electron chi connectivity index (χ3n) is 2.82. The standard InChI is InChI=1S/C13H14BrNO4/c14-12-2-1-11(7-10(12)8-16)19-9-13(17)15-3-5-18-6-4-15/h1-2,7-8H,3-6,9H2. The van der Waals surface area contributed by atoms with Gasteiger partial charge in [-0.1, -0.05) is 15.9 Å². The highest BCUT2D eigenvalue weighted by Gasteiger charge is 2.17. The van der Waals surface area contributed by atoms with Gasteiger partial charge in [-0.3, -0.25) is 9.59 Å². The maximum Gasteiger partial charge on any atom is 0.260 e. The van der Waals surface area contributed by atoms with E-state index < -0.39 is 0 Å². The second kappa shape index (κ2) is 6.68. The Balaban J connectivity index is 1.91. The second-order valence-corrected chi connectivity index (χ2v) is 4.94. The number of hydrogen-bond acceptors (Lipinski definition) is 4. The van der Waals surface area contributed by atoms with Crippen LogP contribution in [0.4, 0.5) is 0 Å². The first-order chi connectivity index (χ1) is 9.20. The van der Waals surface area contributed by atoms with Crippen molar-refractivity contribution in [3.05, 3.63) is 28.2 Å². The van der Waals surface area contributed by atoms with Crippen LogP contribution < -0.4 is 4.74 Å². The van der Waals surface area contributed by atoms with Gasteiger partial charge in [0, 0.05) is 23.1 Å². The fourth-order valence-electron chi connectivity index (χ4n) is 1.75. The molecule has 0 unspecified atom stereocenters. The van der Waals surface area contributed by atoms with Crippen LogP contribution in [0.1, 0.15) is 10.4 Å². The highest BCUT2D eigenvalue weighted by Crippen LogP contribution is 2.21. The predicted octanol–water partition coefficient (Wildman–Crippen LogP) is 1.50. The van der Waals surface area contributed by atoms with Crippen LogP contribution in [0, 0.1) is 0 Å². The summed E-state index contributed by atoms with van der Waals surface area (Å²) in [6, 6.07) is 5.03. The Hall–Kier alpha value is -1.40. The minimum atomic E-state index is -0.0705. The molecule has 1 aromatic carbocycles. The number of amides is 1. The molecule has 1 aliphatic rings. The van der Waals surface area contributed by atoms with Gasteiger partial charge >= 0.3 is 0 Å². The summed E-state index contributed by atoms with van der Waals surface area (Å²) in [6.07, 6.45) is 0.737. The normalized spacial score (nSPS) is 15.1. The Morgan fingerprint density at radius 1 is 1.42 bits per heavy atom. The molecule has 1 saturated heterocycles. The molecule has 19 heavy (non-hydrogen) atoms. The first kappa shape index (κ1) is 14.0. The molecule has 0 spiro atoms. The molecule has 1 amide bonds. The number of aldehydes is 1. The first-order valence-corrected chi connectivity index (χ1v) is 6.73. The molecule has 1 aromatic rings.